The van der Waals surface area contributed by atoms with Gasteiger partial charge in [-0.2, -0.15) is 0 Å². The van der Waals surface area contributed by atoms with Crippen LogP contribution in [0, 0.1) is 0 Å². The highest BCUT2D eigenvalue weighted by atomic mass is 16.2. The molecule has 0 saturated heterocycles. The van der Waals surface area contributed by atoms with E-state index in [1.807, 2.05) is 42.5 Å². The monoisotopic (exact) mass is 296 g/mol. The van der Waals surface area contributed by atoms with Crippen LogP contribution in [0.25, 0.3) is 0 Å². The normalized spacial score (nSPS) is 11.1. The summed E-state index contributed by atoms with van der Waals surface area (Å²) < 4.78 is 0. The molecule has 2 aromatic carbocycles. The van der Waals surface area contributed by atoms with Gasteiger partial charge in [0.05, 0.1) is 0 Å². The third kappa shape index (κ3) is 3.88. The van der Waals surface area contributed by atoms with E-state index in [1.54, 1.807) is 0 Å². The topological polar surface area (TPSA) is 41.1 Å². The zero-order valence-corrected chi connectivity index (χ0v) is 13.7. The van der Waals surface area contributed by atoms with Crippen molar-refractivity contribution in [3.63, 3.8) is 0 Å². The maximum atomic E-state index is 12.3. The van der Waals surface area contributed by atoms with E-state index in [4.69, 9.17) is 0 Å². The van der Waals surface area contributed by atoms with E-state index in [0.717, 1.165) is 28.9 Å². The maximum absolute atomic E-state index is 12.3. The van der Waals surface area contributed by atoms with Crippen molar-refractivity contribution in [3.05, 3.63) is 59.7 Å². The molecule has 2 aromatic rings. The van der Waals surface area contributed by atoms with Crippen LogP contribution in [-0.4, -0.2) is 6.03 Å². The Hall–Kier alpha value is -2.29. The molecule has 0 unspecified atom stereocenters. The summed E-state index contributed by atoms with van der Waals surface area (Å²) in [4.78, 5) is 12.3. The summed E-state index contributed by atoms with van der Waals surface area (Å²) in [5, 5.41) is 5.91. The number of benzene rings is 2. The van der Waals surface area contributed by atoms with Crippen LogP contribution >= 0.6 is 0 Å². The highest BCUT2D eigenvalue weighted by Crippen LogP contribution is 2.29. The maximum Gasteiger partial charge on any atom is 0.323 e. The Bertz CT molecular complexity index is 656. The molecule has 0 bridgehead atoms. The second kappa shape index (κ2) is 6.65. The zero-order chi connectivity index (χ0) is 16.2. The summed E-state index contributed by atoms with van der Waals surface area (Å²) in [7, 11) is 0. The van der Waals surface area contributed by atoms with Crippen LogP contribution in [0.15, 0.2) is 48.5 Å². The van der Waals surface area contributed by atoms with Crippen molar-refractivity contribution in [3.8, 4) is 0 Å². The summed E-state index contributed by atoms with van der Waals surface area (Å²) in [6, 6.07) is 15.6. The van der Waals surface area contributed by atoms with Crippen molar-refractivity contribution in [1.82, 2.24) is 0 Å². The van der Waals surface area contributed by atoms with Crippen molar-refractivity contribution in [1.29, 1.82) is 0 Å². The van der Waals surface area contributed by atoms with E-state index in [1.165, 1.54) is 0 Å². The van der Waals surface area contributed by atoms with Crippen LogP contribution in [0.2, 0.25) is 0 Å². The number of carbonyl (C=O) groups excluding carboxylic acids is 1. The molecule has 0 aliphatic heterocycles. The Balaban J connectivity index is 2.17. The van der Waals surface area contributed by atoms with Crippen LogP contribution in [0.5, 0.6) is 0 Å². The van der Waals surface area contributed by atoms with Gasteiger partial charge in [-0.3, -0.25) is 0 Å². The number of hydrogen-bond acceptors (Lipinski definition) is 1. The molecule has 0 saturated carbocycles. The standard InChI is InChI=1S/C19H24N2O/c1-5-14-10-6-8-12-16(14)20-18(22)21-17-13-9-7-11-15(17)19(2,3)4/h6-13H,5H2,1-4H3,(H2,20,21,22). The van der Waals surface area contributed by atoms with Gasteiger partial charge in [0.2, 0.25) is 0 Å². The second-order valence-electron chi connectivity index (χ2n) is 6.39. The molecular formula is C19H24N2O. The largest absolute Gasteiger partial charge is 0.323 e. The van der Waals surface area contributed by atoms with Gasteiger partial charge in [-0.25, -0.2) is 4.79 Å². The van der Waals surface area contributed by atoms with Crippen molar-refractivity contribution < 1.29 is 4.79 Å². The minimum Gasteiger partial charge on any atom is -0.307 e. The van der Waals surface area contributed by atoms with Gasteiger partial charge in [0.1, 0.15) is 0 Å². The number of rotatable bonds is 3. The molecule has 0 fully saturated rings. The fourth-order valence-electron chi connectivity index (χ4n) is 2.47. The molecule has 2 rings (SSSR count). The van der Waals surface area contributed by atoms with E-state index in [9.17, 15) is 4.79 Å². The fourth-order valence-corrected chi connectivity index (χ4v) is 2.47. The summed E-state index contributed by atoms with van der Waals surface area (Å²) in [5.74, 6) is 0. The average Bonchev–Trinajstić information content (AvgIpc) is 2.47. The summed E-state index contributed by atoms with van der Waals surface area (Å²) in [6.07, 6.45) is 0.884. The molecule has 0 radical (unpaired) electrons. The lowest BCUT2D eigenvalue weighted by atomic mass is 9.86. The van der Waals surface area contributed by atoms with Crippen LogP contribution in [0.4, 0.5) is 16.2 Å². The quantitative estimate of drug-likeness (QED) is 0.804. The van der Waals surface area contributed by atoms with E-state index in [0.29, 0.717) is 0 Å². The molecule has 22 heavy (non-hydrogen) atoms. The van der Waals surface area contributed by atoms with Gasteiger partial charge in [-0.15, -0.1) is 0 Å². The number of urea groups is 1. The summed E-state index contributed by atoms with van der Waals surface area (Å²) >= 11 is 0. The highest BCUT2D eigenvalue weighted by molar-refractivity contribution is 6.00. The Morgan fingerprint density at radius 3 is 2.09 bits per heavy atom. The van der Waals surface area contributed by atoms with E-state index in [-0.39, 0.29) is 11.4 Å². The van der Waals surface area contributed by atoms with Gasteiger partial charge < -0.3 is 10.6 Å². The molecule has 2 N–H and O–H groups in total. The lowest BCUT2D eigenvalue weighted by Gasteiger charge is -2.23. The van der Waals surface area contributed by atoms with Gasteiger partial charge in [-0.1, -0.05) is 64.1 Å². The van der Waals surface area contributed by atoms with Crippen molar-refractivity contribution >= 4 is 17.4 Å². The smallest absolute Gasteiger partial charge is 0.307 e. The molecular weight excluding hydrogens is 272 g/mol. The lowest BCUT2D eigenvalue weighted by molar-refractivity contribution is 0.262. The van der Waals surface area contributed by atoms with Crippen molar-refractivity contribution in [2.75, 3.05) is 10.6 Å². The van der Waals surface area contributed by atoms with Crippen molar-refractivity contribution in [2.45, 2.75) is 39.5 Å². The molecule has 116 valence electrons. The number of hydrogen-bond donors (Lipinski definition) is 2. The number of aryl methyl sites for hydroxylation is 1. The predicted molar refractivity (Wildman–Crippen MR) is 93.6 cm³/mol. The molecule has 0 aromatic heterocycles. The van der Waals surface area contributed by atoms with Crippen LogP contribution in [-0.2, 0) is 11.8 Å². The minimum absolute atomic E-state index is 0.0226. The second-order valence-corrected chi connectivity index (χ2v) is 6.39. The molecule has 0 spiro atoms. The van der Waals surface area contributed by atoms with Gasteiger partial charge >= 0.3 is 6.03 Å². The lowest BCUT2D eigenvalue weighted by Crippen LogP contribution is -2.23. The first kappa shape index (κ1) is 16.1. The Labute approximate surface area is 132 Å². The molecule has 3 heteroatoms. The first-order valence-electron chi connectivity index (χ1n) is 7.67. The van der Waals surface area contributed by atoms with Gasteiger partial charge in [0.25, 0.3) is 0 Å². The van der Waals surface area contributed by atoms with E-state index in [2.05, 4.69) is 44.4 Å². The Morgan fingerprint density at radius 1 is 0.909 bits per heavy atom. The first-order valence-corrected chi connectivity index (χ1v) is 7.67. The number of para-hydroxylation sites is 2. The van der Waals surface area contributed by atoms with E-state index < -0.39 is 0 Å². The number of carbonyl (C=O) groups is 1. The summed E-state index contributed by atoms with van der Waals surface area (Å²) in [6.45, 7) is 8.49. The SMILES string of the molecule is CCc1ccccc1NC(=O)Nc1ccccc1C(C)(C)C. The first-order chi connectivity index (χ1) is 10.4. The zero-order valence-electron chi connectivity index (χ0n) is 13.7. The van der Waals surface area contributed by atoms with Crippen molar-refractivity contribution in [2.24, 2.45) is 0 Å². The van der Waals surface area contributed by atoms with Crippen LogP contribution < -0.4 is 10.6 Å². The Morgan fingerprint density at radius 2 is 1.45 bits per heavy atom. The number of amides is 2. The number of anilines is 2. The predicted octanol–water partition coefficient (Wildman–Crippen LogP) is 5.19. The third-order valence-corrected chi connectivity index (χ3v) is 3.63. The molecule has 0 heterocycles. The molecule has 0 aliphatic rings. The fraction of sp³-hybridized carbons (Fsp3) is 0.316. The molecule has 2 amide bonds. The average molecular weight is 296 g/mol. The Kier molecular flexibility index (Phi) is 4.86. The van der Waals surface area contributed by atoms with Crippen LogP contribution in [0.1, 0.15) is 38.8 Å². The summed E-state index contributed by atoms with van der Waals surface area (Å²) in [5.41, 5.74) is 3.93. The van der Waals surface area contributed by atoms with Crippen LogP contribution in [0.3, 0.4) is 0 Å². The molecule has 0 atom stereocenters. The van der Waals surface area contributed by atoms with Gasteiger partial charge in [0, 0.05) is 11.4 Å². The van der Waals surface area contributed by atoms with Gasteiger partial charge in [-0.05, 0) is 35.1 Å². The van der Waals surface area contributed by atoms with Gasteiger partial charge in [0.15, 0.2) is 0 Å². The minimum atomic E-state index is -0.211. The van der Waals surface area contributed by atoms with E-state index >= 15 is 0 Å². The highest BCUT2D eigenvalue weighted by Gasteiger charge is 2.18. The molecule has 0 aliphatic carbocycles. The third-order valence-electron chi connectivity index (χ3n) is 3.63. The molecule has 3 nitrogen and oxygen atoms in total. The number of nitrogens with one attached hydrogen (secondary N) is 2.